The highest BCUT2D eigenvalue weighted by Crippen LogP contribution is 2.21. The molecule has 100 valence electrons. The summed E-state index contributed by atoms with van der Waals surface area (Å²) in [4.78, 5) is 11.4. The van der Waals surface area contributed by atoms with Gasteiger partial charge in [-0.25, -0.2) is 8.78 Å². The molecule has 18 heavy (non-hydrogen) atoms. The highest BCUT2D eigenvalue weighted by molar-refractivity contribution is 6.17. The molecule has 0 unspecified atom stereocenters. The van der Waals surface area contributed by atoms with Crippen molar-refractivity contribution in [2.75, 3.05) is 6.54 Å². The van der Waals surface area contributed by atoms with Gasteiger partial charge in [-0.2, -0.15) is 8.78 Å². The van der Waals surface area contributed by atoms with Crippen molar-refractivity contribution in [3.05, 3.63) is 35.4 Å². The summed E-state index contributed by atoms with van der Waals surface area (Å²) in [6.45, 7) is -1.41. The smallest absolute Gasteiger partial charge is 0.324 e. The lowest BCUT2D eigenvalue weighted by Gasteiger charge is -2.15. The number of alkyl halides is 5. The van der Waals surface area contributed by atoms with Crippen molar-refractivity contribution >= 4 is 17.5 Å². The molecular weight excluding hydrogens is 274 g/mol. The fourth-order valence-electron chi connectivity index (χ4n) is 1.17. The van der Waals surface area contributed by atoms with Crippen molar-refractivity contribution in [2.45, 2.75) is 18.2 Å². The number of nitrogens with one attached hydrogen (secondary N) is 1. The molecule has 0 aliphatic heterocycles. The Morgan fingerprint density at radius 2 is 2.06 bits per heavy atom. The largest absolute Gasteiger partial charge is 0.346 e. The highest BCUT2D eigenvalue weighted by Gasteiger charge is 2.40. The lowest BCUT2D eigenvalue weighted by atomic mass is 10.1. The molecule has 0 heterocycles. The van der Waals surface area contributed by atoms with Gasteiger partial charge in [0.15, 0.2) is 0 Å². The van der Waals surface area contributed by atoms with Crippen LogP contribution in [0.5, 0.6) is 0 Å². The van der Waals surface area contributed by atoms with Crippen molar-refractivity contribution in [1.29, 1.82) is 0 Å². The van der Waals surface area contributed by atoms with Crippen molar-refractivity contribution in [3.8, 4) is 0 Å². The van der Waals surface area contributed by atoms with Crippen molar-refractivity contribution in [3.63, 3.8) is 0 Å². The van der Waals surface area contributed by atoms with Gasteiger partial charge in [0.1, 0.15) is 0 Å². The third kappa shape index (κ3) is 3.87. The molecule has 1 N–H and O–H groups in total. The van der Waals surface area contributed by atoms with Gasteiger partial charge in [0.25, 0.3) is 5.91 Å². The molecule has 1 aromatic rings. The summed E-state index contributed by atoms with van der Waals surface area (Å²) in [7, 11) is 0. The third-order valence-corrected chi connectivity index (χ3v) is 2.46. The minimum atomic E-state index is -4.24. The van der Waals surface area contributed by atoms with Crippen molar-refractivity contribution < 1.29 is 22.4 Å². The number of halogens is 5. The number of hydrogen-bond acceptors (Lipinski definition) is 1. The van der Waals surface area contributed by atoms with Crippen LogP contribution >= 0.6 is 11.6 Å². The number of carbonyl (C=O) groups excluding carboxylic acids is 1. The summed E-state index contributed by atoms with van der Waals surface area (Å²) >= 11 is 5.54. The minimum absolute atomic E-state index is 0.0956. The Balaban J connectivity index is 2.66. The normalized spacial score (nSPS) is 11.7. The molecule has 0 radical (unpaired) electrons. The van der Waals surface area contributed by atoms with Crippen LogP contribution < -0.4 is 5.32 Å². The van der Waals surface area contributed by atoms with E-state index in [2.05, 4.69) is 0 Å². The van der Waals surface area contributed by atoms with E-state index in [0.29, 0.717) is 5.56 Å². The topological polar surface area (TPSA) is 29.1 Å². The number of benzene rings is 1. The Morgan fingerprint density at radius 3 is 2.61 bits per heavy atom. The van der Waals surface area contributed by atoms with E-state index in [1.54, 1.807) is 11.4 Å². The number of rotatable bonds is 5. The van der Waals surface area contributed by atoms with Crippen LogP contribution in [0, 0.1) is 0 Å². The van der Waals surface area contributed by atoms with Gasteiger partial charge in [-0.05, 0) is 17.7 Å². The molecular formula is C11H10ClF4NO. The summed E-state index contributed by atoms with van der Waals surface area (Å²) in [5.74, 6) is -4.92. The molecule has 0 saturated heterocycles. The zero-order valence-electron chi connectivity index (χ0n) is 9.10. The predicted molar refractivity (Wildman–Crippen MR) is 59.3 cm³/mol. The first-order chi connectivity index (χ1) is 8.36. The first-order valence-electron chi connectivity index (χ1n) is 4.96. The zero-order chi connectivity index (χ0) is 13.8. The Kier molecular flexibility index (Phi) is 4.95. The van der Waals surface area contributed by atoms with Crippen molar-refractivity contribution in [2.24, 2.45) is 0 Å². The average molecular weight is 284 g/mol. The molecule has 0 atom stereocenters. The molecule has 7 heteroatoms. The minimum Gasteiger partial charge on any atom is -0.346 e. The third-order valence-electron chi connectivity index (χ3n) is 2.15. The molecule has 1 rings (SSSR count). The predicted octanol–water partition coefficient (Wildman–Crippen LogP) is 3.06. The van der Waals surface area contributed by atoms with E-state index in [1.165, 1.54) is 18.2 Å². The Morgan fingerprint density at radius 1 is 1.39 bits per heavy atom. The van der Waals surface area contributed by atoms with Gasteiger partial charge in [0.05, 0.1) is 6.54 Å². The van der Waals surface area contributed by atoms with E-state index in [0.717, 1.165) is 0 Å². The molecule has 0 saturated carbocycles. The monoisotopic (exact) mass is 283 g/mol. The second-order valence-electron chi connectivity index (χ2n) is 3.58. The van der Waals surface area contributed by atoms with Gasteiger partial charge in [-0.1, -0.05) is 12.1 Å². The number of carbonyl (C=O) groups is 1. The maximum absolute atomic E-state index is 12.6. The summed E-state index contributed by atoms with van der Waals surface area (Å²) < 4.78 is 48.9. The van der Waals surface area contributed by atoms with Gasteiger partial charge in [0.2, 0.25) is 0 Å². The standard InChI is InChI=1S/C11H10ClF4NO/c12-5-7-2-1-3-8(4-7)9(18)17-6-11(15,16)10(13)14/h1-4,10H,5-6H2,(H,17,18). The molecule has 0 spiro atoms. The molecule has 0 aliphatic carbocycles. The average Bonchev–Trinajstić information content (AvgIpc) is 2.36. The van der Waals surface area contributed by atoms with Gasteiger partial charge >= 0.3 is 12.3 Å². The Labute approximate surface area is 106 Å². The fourth-order valence-corrected chi connectivity index (χ4v) is 1.34. The maximum Gasteiger partial charge on any atom is 0.324 e. The highest BCUT2D eigenvalue weighted by atomic mass is 35.5. The van der Waals surface area contributed by atoms with E-state index in [-0.39, 0.29) is 11.4 Å². The quantitative estimate of drug-likeness (QED) is 0.653. The van der Waals surface area contributed by atoms with E-state index >= 15 is 0 Å². The van der Waals surface area contributed by atoms with Gasteiger partial charge < -0.3 is 5.32 Å². The first kappa shape index (κ1) is 14.8. The molecule has 1 aromatic carbocycles. The zero-order valence-corrected chi connectivity index (χ0v) is 9.85. The van der Waals surface area contributed by atoms with Crippen LogP contribution in [0.15, 0.2) is 24.3 Å². The molecule has 2 nitrogen and oxygen atoms in total. The van der Waals surface area contributed by atoms with Gasteiger partial charge in [0, 0.05) is 11.4 Å². The molecule has 0 aromatic heterocycles. The van der Waals surface area contributed by atoms with Crippen LogP contribution in [-0.4, -0.2) is 24.8 Å². The summed E-state index contributed by atoms with van der Waals surface area (Å²) in [6.07, 6.45) is -3.81. The molecule has 1 amide bonds. The second-order valence-corrected chi connectivity index (χ2v) is 3.85. The lowest BCUT2D eigenvalue weighted by molar-refractivity contribution is -0.123. The second kappa shape index (κ2) is 6.04. The summed E-state index contributed by atoms with van der Waals surface area (Å²) in [6, 6.07) is 5.96. The number of amides is 1. The maximum atomic E-state index is 12.6. The van der Waals surface area contributed by atoms with E-state index < -0.39 is 24.8 Å². The molecule has 0 bridgehead atoms. The summed E-state index contributed by atoms with van der Waals surface area (Å²) in [5.41, 5.74) is 0.725. The lowest BCUT2D eigenvalue weighted by Crippen LogP contribution is -2.41. The van der Waals surface area contributed by atoms with Crippen LogP contribution in [-0.2, 0) is 5.88 Å². The Hall–Kier alpha value is -1.30. The number of hydrogen-bond donors (Lipinski definition) is 1. The van der Waals surface area contributed by atoms with Crippen LogP contribution in [0.4, 0.5) is 17.6 Å². The van der Waals surface area contributed by atoms with E-state index in [1.807, 2.05) is 0 Å². The van der Waals surface area contributed by atoms with E-state index in [9.17, 15) is 22.4 Å². The Bertz CT molecular complexity index is 425. The summed E-state index contributed by atoms with van der Waals surface area (Å²) in [5, 5.41) is 1.76. The molecule has 0 fully saturated rings. The SMILES string of the molecule is O=C(NCC(F)(F)C(F)F)c1cccc(CCl)c1. The van der Waals surface area contributed by atoms with Crippen LogP contribution in [0.2, 0.25) is 0 Å². The van der Waals surface area contributed by atoms with Gasteiger partial charge in [-0.15, -0.1) is 11.6 Å². The van der Waals surface area contributed by atoms with Gasteiger partial charge in [-0.3, -0.25) is 4.79 Å². The molecule has 0 aliphatic rings. The van der Waals surface area contributed by atoms with Crippen LogP contribution in [0.3, 0.4) is 0 Å². The fraction of sp³-hybridized carbons (Fsp3) is 0.364. The first-order valence-corrected chi connectivity index (χ1v) is 5.49. The van der Waals surface area contributed by atoms with Crippen molar-refractivity contribution in [1.82, 2.24) is 5.32 Å². The van der Waals surface area contributed by atoms with Crippen LogP contribution in [0.25, 0.3) is 0 Å². The van der Waals surface area contributed by atoms with E-state index in [4.69, 9.17) is 11.6 Å². The van der Waals surface area contributed by atoms with Crippen LogP contribution in [0.1, 0.15) is 15.9 Å².